The van der Waals surface area contributed by atoms with E-state index in [1.54, 1.807) is 17.9 Å². The lowest BCUT2D eigenvalue weighted by atomic mass is 10.1. The van der Waals surface area contributed by atoms with E-state index in [0.717, 1.165) is 16.7 Å². The van der Waals surface area contributed by atoms with Crippen molar-refractivity contribution in [2.45, 2.75) is 18.6 Å². The molecule has 1 amide bonds. The fourth-order valence-electron chi connectivity index (χ4n) is 3.43. The van der Waals surface area contributed by atoms with Crippen molar-refractivity contribution in [1.29, 1.82) is 0 Å². The Kier molecular flexibility index (Phi) is 3.86. The lowest BCUT2D eigenvalue weighted by molar-refractivity contribution is 0.0858. The minimum atomic E-state index is -0.613. The Balaban J connectivity index is 1.65. The fraction of sp³-hybridized carbons (Fsp3) is 0.200. The van der Waals surface area contributed by atoms with Gasteiger partial charge in [0.15, 0.2) is 0 Å². The van der Waals surface area contributed by atoms with E-state index in [1.165, 1.54) is 0 Å². The van der Waals surface area contributed by atoms with Gasteiger partial charge in [0.2, 0.25) is 0 Å². The van der Waals surface area contributed by atoms with E-state index >= 15 is 0 Å². The monoisotopic (exact) mass is 333 g/mol. The zero-order chi connectivity index (χ0) is 17.4. The molecule has 0 spiro atoms. The molecule has 0 bridgehead atoms. The van der Waals surface area contributed by atoms with Crippen LogP contribution in [0.4, 0.5) is 0 Å². The molecule has 1 aromatic heterocycles. The summed E-state index contributed by atoms with van der Waals surface area (Å²) in [6.07, 6.45) is 1.66. The number of aliphatic hydroxyl groups is 1. The van der Waals surface area contributed by atoms with E-state index in [0.29, 0.717) is 17.7 Å². The molecule has 0 saturated carbocycles. The molecule has 5 nitrogen and oxygen atoms in total. The highest BCUT2D eigenvalue weighted by Crippen LogP contribution is 2.32. The van der Waals surface area contributed by atoms with Crippen molar-refractivity contribution in [3.8, 4) is 11.3 Å². The highest BCUT2D eigenvalue weighted by Gasteiger charge is 2.32. The number of benzene rings is 2. The maximum absolute atomic E-state index is 12.9. The van der Waals surface area contributed by atoms with Gasteiger partial charge in [0.05, 0.1) is 17.7 Å². The molecule has 2 N–H and O–H groups in total. The van der Waals surface area contributed by atoms with E-state index < -0.39 is 12.1 Å². The van der Waals surface area contributed by atoms with Gasteiger partial charge in [-0.1, -0.05) is 54.6 Å². The van der Waals surface area contributed by atoms with Gasteiger partial charge in [-0.25, -0.2) is 0 Å². The topological polar surface area (TPSA) is 67.2 Å². The second-order valence-corrected chi connectivity index (χ2v) is 6.35. The number of rotatable bonds is 3. The third-order valence-electron chi connectivity index (χ3n) is 4.61. The maximum atomic E-state index is 12.9. The van der Waals surface area contributed by atoms with Crippen molar-refractivity contribution in [2.24, 2.45) is 7.05 Å². The summed E-state index contributed by atoms with van der Waals surface area (Å²) in [4.78, 5) is 12.9. The summed E-state index contributed by atoms with van der Waals surface area (Å²) < 4.78 is 1.64. The van der Waals surface area contributed by atoms with Gasteiger partial charge in [-0.2, -0.15) is 5.10 Å². The van der Waals surface area contributed by atoms with Crippen LogP contribution in [0.25, 0.3) is 11.3 Å². The molecular weight excluding hydrogens is 314 g/mol. The number of carbonyl (C=O) groups excluding carboxylic acids is 1. The first-order valence-corrected chi connectivity index (χ1v) is 8.29. The fourth-order valence-corrected chi connectivity index (χ4v) is 3.43. The zero-order valence-electron chi connectivity index (χ0n) is 13.9. The highest BCUT2D eigenvalue weighted by atomic mass is 16.3. The van der Waals surface area contributed by atoms with Gasteiger partial charge in [0, 0.05) is 25.2 Å². The van der Waals surface area contributed by atoms with Crippen LogP contribution in [0.2, 0.25) is 0 Å². The second kappa shape index (κ2) is 6.18. The molecule has 25 heavy (non-hydrogen) atoms. The lowest BCUT2D eigenvalue weighted by Gasteiger charge is -2.18. The van der Waals surface area contributed by atoms with Gasteiger partial charge in [0.25, 0.3) is 5.91 Å². The van der Waals surface area contributed by atoms with Crippen LogP contribution in [0.5, 0.6) is 0 Å². The van der Waals surface area contributed by atoms with Crippen molar-refractivity contribution in [1.82, 2.24) is 15.1 Å². The van der Waals surface area contributed by atoms with Crippen molar-refractivity contribution >= 4 is 5.91 Å². The standard InChI is InChI=1S/C20H19N3O2/c1-23-12-16(18(22-23)13-7-3-2-4-8-13)20(25)21-19-15-10-6-5-9-14(15)11-17(19)24/h2-10,12,17,19,24H,11H2,1H3,(H,21,25). The van der Waals surface area contributed by atoms with Crippen molar-refractivity contribution in [3.63, 3.8) is 0 Å². The molecule has 5 heteroatoms. The number of aryl methyl sites for hydroxylation is 1. The maximum Gasteiger partial charge on any atom is 0.255 e. The van der Waals surface area contributed by atoms with Crippen LogP contribution in [-0.4, -0.2) is 26.9 Å². The molecule has 126 valence electrons. The molecular formula is C20H19N3O2. The zero-order valence-corrected chi connectivity index (χ0v) is 13.9. The van der Waals surface area contributed by atoms with Crippen LogP contribution in [-0.2, 0) is 13.5 Å². The summed E-state index contributed by atoms with van der Waals surface area (Å²) in [5.74, 6) is -0.229. The van der Waals surface area contributed by atoms with Gasteiger partial charge in [-0.3, -0.25) is 9.48 Å². The summed E-state index contributed by atoms with van der Waals surface area (Å²) in [5.41, 5.74) is 4.09. The minimum absolute atomic E-state index is 0.229. The molecule has 0 fully saturated rings. The van der Waals surface area contributed by atoms with Crippen molar-refractivity contribution < 1.29 is 9.90 Å². The number of nitrogens with one attached hydrogen (secondary N) is 1. The summed E-state index contributed by atoms with van der Waals surface area (Å²) in [6.45, 7) is 0. The number of carbonyl (C=O) groups is 1. The Bertz CT molecular complexity index is 918. The Morgan fingerprint density at radius 3 is 2.68 bits per heavy atom. The average Bonchev–Trinajstić information content (AvgIpc) is 3.16. The van der Waals surface area contributed by atoms with Gasteiger partial charge in [-0.15, -0.1) is 0 Å². The van der Waals surface area contributed by atoms with Crippen LogP contribution in [0.1, 0.15) is 27.5 Å². The summed E-state index contributed by atoms with van der Waals surface area (Å²) in [6, 6.07) is 17.1. The summed E-state index contributed by atoms with van der Waals surface area (Å²) >= 11 is 0. The van der Waals surface area contributed by atoms with Crippen molar-refractivity contribution in [3.05, 3.63) is 77.5 Å². The predicted octanol–water partition coefficient (Wildman–Crippen LogP) is 2.48. The van der Waals surface area contributed by atoms with E-state index in [-0.39, 0.29) is 5.91 Å². The van der Waals surface area contributed by atoms with Gasteiger partial charge in [0.1, 0.15) is 5.69 Å². The first-order valence-electron chi connectivity index (χ1n) is 8.29. The number of amides is 1. The van der Waals surface area contributed by atoms with Crippen LogP contribution < -0.4 is 5.32 Å². The average molecular weight is 333 g/mol. The molecule has 2 atom stereocenters. The normalized spacial score (nSPS) is 18.8. The molecule has 1 heterocycles. The van der Waals surface area contributed by atoms with Crippen LogP contribution in [0.3, 0.4) is 0 Å². The number of aromatic nitrogens is 2. The molecule has 3 aromatic rings. The number of nitrogens with zero attached hydrogens (tertiary/aromatic N) is 2. The first-order chi connectivity index (χ1) is 12.1. The molecule has 2 unspecified atom stereocenters. The van der Waals surface area contributed by atoms with Gasteiger partial charge >= 0.3 is 0 Å². The molecule has 1 aliphatic rings. The number of fused-ring (bicyclic) bond motifs is 1. The molecule has 0 saturated heterocycles. The molecule has 0 radical (unpaired) electrons. The second-order valence-electron chi connectivity index (χ2n) is 6.35. The van der Waals surface area contributed by atoms with Crippen LogP contribution in [0.15, 0.2) is 60.8 Å². The van der Waals surface area contributed by atoms with E-state index in [4.69, 9.17) is 0 Å². The van der Waals surface area contributed by atoms with E-state index in [1.807, 2.05) is 54.6 Å². The predicted molar refractivity (Wildman–Crippen MR) is 95.0 cm³/mol. The quantitative estimate of drug-likeness (QED) is 0.774. The third-order valence-corrected chi connectivity index (χ3v) is 4.61. The summed E-state index contributed by atoms with van der Waals surface area (Å²) in [7, 11) is 1.79. The van der Waals surface area contributed by atoms with E-state index in [9.17, 15) is 9.90 Å². The molecule has 0 aliphatic heterocycles. The number of hydrogen-bond acceptors (Lipinski definition) is 3. The van der Waals surface area contributed by atoms with Gasteiger partial charge in [-0.05, 0) is 11.1 Å². The summed E-state index contributed by atoms with van der Waals surface area (Å²) in [5, 5.41) is 17.8. The largest absolute Gasteiger partial charge is 0.390 e. The molecule has 4 rings (SSSR count). The van der Waals surface area contributed by atoms with Crippen molar-refractivity contribution in [2.75, 3.05) is 0 Å². The van der Waals surface area contributed by atoms with E-state index in [2.05, 4.69) is 10.4 Å². The smallest absolute Gasteiger partial charge is 0.255 e. The number of hydrogen-bond donors (Lipinski definition) is 2. The van der Waals surface area contributed by atoms with Gasteiger partial charge < -0.3 is 10.4 Å². The lowest BCUT2D eigenvalue weighted by Crippen LogP contribution is -2.34. The van der Waals surface area contributed by atoms with Crippen LogP contribution >= 0.6 is 0 Å². The highest BCUT2D eigenvalue weighted by molar-refractivity contribution is 6.00. The minimum Gasteiger partial charge on any atom is -0.390 e. The number of aliphatic hydroxyl groups excluding tert-OH is 1. The first kappa shape index (κ1) is 15.6. The Labute approximate surface area is 145 Å². The Hall–Kier alpha value is -2.92. The SMILES string of the molecule is Cn1cc(C(=O)NC2c3ccccc3CC2O)c(-c2ccccc2)n1. The van der Waals surface area contributed by atoms with Crippen LogP contribution in [0, 0.1) is 0 Å². The molecule has 1 aliphatic carbocycles. The Morgan fingerprint density at radius 2 is 1.88 bits per heavy atom. The third kappa shape index (κ3) is 2.83. The Morgan fingerprint density at radius 1 is 1.16 bits per heavy atom. The molecule has 2 aromatic carbocycles.